The Morgan fingerprint density at radius 1 is 0.907 bits per heavy atom. The number of nitrogens with one attached hydrogen (secondary N) is 3. The van der Waals surface area contributed by atoms with E-state index in [9.17, 15) is 14.4 Å². The molecule has 3 N–H and O–H groups in total. The molecule has 4 aromatic carbocycles. The number of rotatable bonds is 9. The van der Waals surface area contributed by atoms with E-state index in [1.54, 1.807) is 66.7 Å². The Hall–Kier alpha value is -4.15. The third-order valence-electron chi connectivity index (χ3n) is 6.06. The standard InChI is InChI=1S/C32H24Cl2N4O3S2/c1-19-13-14-25-27(15-19)43-32(37-25)38-28(39)18-42-23-11-6-10-22(17-23)35-31(41)26(16-21-9-5-12-24(33)29(21)34)36-30(40)20-7-3-2-4-8-20/h2-17H,18H2,1H3,(H,35,41)(H,36,40)(H,37,38,39)/b26-16+. The number of thiazole rings is 1. The van der Waals surface area contributed by atoms with Crippen molar-refractivity contribution in [2.45, 2.75) is 11.8 Å². The number of fused-ring (bicyclic) bond motifs is 1. The van der Waals surface area contributed by atoms with Crippen molar-refractivity contribution >= 4 is 91.1 Å². The average Bonchev–Trinajstić information content (AvgIpc) is 3.39. The Morgan fingerprint density at radius 3 is 2.51 bits per heavy atom. The molecule has 43 heavy (non-hydrogen) atoms. The molecular weight excluding hydrogens is 623 g/mol. The first-order chi connectivity index (χ1) is 20.7. The first kappa shape index (κ1) is 30.3. The molecule has 0 saturated carbocycles. The third-order valence-corrected chi connectivity index (χ3v) is 8.82. The van der Waals surface area contributed by atoms with E-state index in [4.69, 9.17) is 23.2 Å². The number of hydrogen-bond acceptors (Lipinski definition) is 6. The van der Waals surface area contributed by atoms with Gasteiger partial charge in [-0.3, -0.25) is 14.4 Å². The van der Waals surface area contributed by atoms with Gasteiger partial charge >= 0.3 is 0 Å². The van der Waals surface area contributed by atoms with Crippen LogP contribution in [0.5, 0.6) is 0 Å². The lowest BCUT2D eigenvalue weighted by atomic mass is 10.1. The highest BCUT2D eigenvalue weighted by Crippen LogP contribution is 2.29. The fraction of sp³-hybridized carbons (Fsp3) is 0.0625. The highest BCUT2D eigenvalue weighted by atomic mass is 35.5. The number of amides is 3. The van der Waals surface area contributed by atoms with Gasteiger partial charge in [-0.05, 0) is 72.7 Å². The fourth-order valence-corrected chi connectivity index (χ4v) is 6.08. The number of aryl methyl sites for hydroxylation is 1. The van der Waals surface area contributed by atoms with Crippen LogP contribution in [-0.4, -0.2) is 28.5 Å². The molecule has 0 aliphatic rings. The number of anilines is 2. The highest BCUT2D eigenvalue weighted by Gasteiger charge is 2.17. The lowest BCUT2D eigenvalue weighted by Gasteiger charge is -2.13. The number of nitrogens with zero attached hydrogens (tertiary/aromatic N) is 1. The number of benzene rings is 4. The summed E-state index contributed by atoms with van der Waals surface area (Å²) in [5, 5.41) is 9.47. The molecule has 5 aromatic rings. The molecule has 1 aromatic heterocycles. The van der Waals surface area contributed by atoms with E-state index in [0.717, 1.165) is 20.7 Å². The molecule has 11 heteroatoms. The zero-order chi connectivity index (χ0) is 30.3. The molecule has 0 spiro atoms. The summed E-state index contributed by atoms with van der Waals surface area (Å²) < 4.78 is 1.01. The van der Waals surface area contributed by atoms with Crippen LogP contribution in [-0.2, 0) is 9.59 Å². The molecule has 216 valence electrons. The van der Waals surface area contributed by atoms with E-state index < -0.39 is 11.8 Å². The molecule has 0 radical (unpaired) electrons. The second-order valence-corrected chi connectivity index (χ2v) is 12.2. The Labute approximate surface area is 266 Å². The zero-order valence-corrected chi connectivity index (χ0v) is 25.8. The first-order valence-electron chi connectivity index (χ1n) is 13.0. The van der Waals surface area contributed by atoms with Crippen LogP contribution in [0.15, 0.2) is 102 Å². The van der Waals surface area contributed by atoms with Crippen molar-refractivity contribution in [2.24, 2.45) is 0 Å². The third kappa shape index (κ3) is 8.03. The van der Waals surface area contributed by atoms with Crippen molar-refractivity contribution in [1.29, 1.82) is 0 Å². The minimum atomic E-state index is -0.564. The summed E-state index contributed by atoms with van der Waals surface area (Å²) in [7, 11) is 0. The number of hydrogen-bond donors (Lipinski definition) is 3. The van der Waals surface area contributed by atoms with Gasteiger partial charge in [-0.15, -0.1) is 11.8 Å². The summed E-state index contributed by atoms with van der Waals surface area (Å²) in [6.07, 6.45) is 1.47. The van der Waals surface area contributed by atoms with E-state index in [-0.39, 0.29) is 22.4 Å². The molecule has 0 atom stereocenters. The Kier molecular flexibility index (Phi) is 9.79. The Bertz CT molecular complexity index is 1860. The summed E-state index contributed by atoms with van der Waals surface area (Å²) in [6, 6.07) is 26.6. The number of thioether (sulfide) groups is 1. The molecule has 0 fully saturated rings. The summed E-state index contributed by atoms with van der Waals surface area (Å²) >= 11 is 15.3. The summed E-state index contributed by atoms with van der Waals surface area (Å²) in [4.78, 5) is 44.2. The van der Waals surface area contributed by atoms with Gasteiger partial charge in [0, 0.05) is 16.1 Å². The predicted molar refractivity (Wildman–Crippen MR) is 177 cm³/mol. The van der Waals surface area contributed by atoms with Crippen LogP contribution in [0.3, 0.4) is 0 Å². The highest BCUT2D eigenvalue weighted by molar-refractivity contribution is 8.00. The second kappa shape index (κ2) is 13.9. The Morgan fingerprint density at radius 2 is 1.70 bits per heavy atom. The molecule has 5 rings (SSSR count). The second-order valence-electron chi connectivity index (χ2n) is 9.33. The smallest absolute Gasteiger partial charge is 0.272 e. The van der Waals surface area contributed by atoms with Crippen molar-refractivity contribution < 1.29 is 14.4 Å². The molecule has 0 aliphatic heterocycles. The van der Waals surface area contributed by atoms with Gasteiger partial charge in [0.2, 0.25) is 5.91 Å². The molecule has 1 heterocycles. The van der Waals surface area contributed by atoms with Crippen molar-refractivity contribution in [3.05, 3.63) is 123 Å². The summed E-state index contributed by atoms with van der Waals surface area (Å²) in [5.41, 5.74) is 3.27. The lowest BCUT2D eigenvalue weighted by molar-refractivity contribution is -0.114. The molecule has 0 aliphatic carbocycles. The van der Waals surface area contributed by atoms with Crippen LogP contribution < -0.4 is 16.0 Å². The van der Waals surface area contributed by atoms with Gasteiger partial charge in [-0.2, -0.15) is 0 Å². The van der Waals surface area contributed by atoms with E-state index in [2.05, 4.69) is 20.9 Å². The van der Waals surface area contributed by atoms with Gasteiger partial charge in [-0.25, -0.2) is 4.98 Å². The summed E-state index contributed by atoms with van der Waals surface area (Å²) in [6.45, 7) is 2.01. The maximum Gasteiger partial charge on any atom is 0.272 e. The SMILES string of the molecule is Cc1ccc2nc(NC(=O)CSc3cccc(NC(=O)/C(=C\c4cccc(Cl)c4Cl)NC(=O)c4ccccc4)c3)sc2c1. The van der Waals surface area contributed by atoms with Gasteiger partial charge in [0.1, 0.15) is 5.70 Å². The summed E-state index contributed by atoms with van der Waals surface area (Å²) in [5.74, 6) is -1.06. The van der Waals surface area contributed by atoms with Gasteiger partial charge in [0.15, 0.2) is 5.13 Å². The number of carbonyl (C=O) groups excluding carboxylic acids is 3. The maximum absolute atomic E-state index is 13.4. The minimum absolute atomic E-state index is 0.0264. The fourth-order valence-electron chi connectivity index (χ4n) is 3.98. The van der Waals surface area contributed by atoms with Crippen LogP contribution in [0.4, 0.5) is 10.8 Å². The molecule has 3 amide bonds. The van der Waals surface area contributed by atoms with E-state index in [0.29, 0.717) is 27.0 Å². The van der Waals surface area contributed by atoms with Gasteiger partial charge in [0.05, 0.1) is 26.0 Å². The molecule has 0 bridgehead atoms. The lowest BCUT2D eigenvalue weighted by Crippen LogP contribution is -2.30. The number of carbonyl (C=O) groups is 3. The molecular formula is C32H24Cl2N4O3S2. The van der Waals surface area contributed by atoms with Crippen LogP contribution in [0.2, 0.25) is 10.0 Å². The van der Waals surface area contributed by atoms with Crippen LogP contribution in [0.1, 0.15) is 21.5 Å². The topological polar surface area (TPSA) is 100 Å². The number of halogens is 2. The normalized spacial score (nSPS) is 11.3. The van der Waals surface area contributed by atoms with Gasteiger partial charge in [-0.1, -0.05) is 77.0 Å². The maximum atomic E-state index is 13.4. The first-order valence-corrected chi connectivity index (χ1v) is 15.5. The van der Waals surface area contributed by atoms with Crippen molar-refractivity contribution in [3.8, 4) is 0 Å². The molecule has 7 nitrogen and oxygen atoms in total. The van der Waals surface area contributed by atoms with Crippen LogP contribution in [0, 0.1) is 6.92 Å². The average molecular weight is 648 g/mol. The zero-order valence-electron chi connectivity index (χ0n) is 22.7. The van der Waals surface area contributed by atoms with Crippen molar-refractivity contribution in [1.82, 2.24) is 10.3 Å². The quantitative estimate of drug-likeness (QED) is 0.111. The monoisotopic (exact) mass is 646 g/mol. The Balaban J connectivity index is 1.27. The molecule has 0 unspecified atom stereocenters. The van der Waals surface area contributed by atoms with E-state index in [1.165, 1.54) is 29.2 Å². The minimum Gasteiger partial charge on any atom is -0.321 e. The van der Waals surface area contributed by atoms with Crippen LogP contribution in [0.25, 0.3) is 16.3 Å². The molecule has 0 saturated heterocycles. The van der Waals surface area contributed by atoms with Gasteiger partial charge in [0.25, 0.3) is 11.8 Å². The van der Waals surface area contributed by atoms with Crippen molar-refractivity contribution in [2.75, 3.05) is 16.4 Å². The number of aromatic nitrogens is 1. The largest absolute Gasteiger partial charge is 0.321 e. The van der Waals surface area contributed by atoms with Crippen molar-refractivity contribution in [3.63, 3.8) is 0 Å². The van der Waals surface area contributed by atoms with Gasteiger partial charge < -0.3 is 16.0 Å². The van der Waals surface area contributed by atoms with Crippen LogP contribution >= 0.6 is 46.3 Å². The predicted octanol–water partition coefficient (Wildman–Crippen LogP) is 8.05. The van der Waals surface area contributed by atoms with E-state index >= 15 is 0 Å². The van der Waals surface area contributed by atoms with E-state index in [1.807, 2.05) is 31.2 Å².